The van der Waals surface area contributed by atoms with Crippen LogP contribution in [0, 0.1) is 5.82 Å². The number of para-hydroxylation sites is 1. The van der Waals surface area contributed by atoms with E-state index in [0.717, 1.165) is 5.69 Å². The van der Waals surface area contributed by atoms with Crippen molar-refractivity contribution in [2.24, 2.45) is 0 Å². The van der Waals surface area contributed by atoms with E-state index in [1.165, 1.54) is 0 Å². The Morgan fingerprint density at radius 2 is 1.84 bits per heavy atom. The van der Waals surface area contributed by atoms with Crippen molar-refractivity contribution in [3.63, 3.8) is 0 Å². The third kappa shape index (κ3) is 6.59. The quantitative estimate of drug-likeness (QED) is 0.393. The maximum Gasteiger partial charge on any atom is 0.407 e. The first kappa shape index (κ1) is 26.9. The van der Waals surface area contributed by atoms with Gasteiger partial charge in [-0.05, 0) is 52.0 Å². The molecular formula is C29H32FN3O5. The van der Waals surface area contributed by atoms with Gasteiger partial charge in [-0.2, -0.15) is 0 Å². The zero-order chi connectivity index (χ0) is 27.3. The molecular weight excluding hydrogens is 489 g/mol. The molecule has 0 radical (unpaired) electrons. The van der Waals surface area contributed by atoms with E-state index in [2.05, 4.69) is 10.6 Å². The summed E-state index contributed by atoms with van der Waals surface area (Å²) in [5.74, 6) is -0.230. The summed E-state index contributed by atoms with van der Waals surface area (Å²) in [5, 5.41) is 5.93. The largest absolute Gasteiger partial charge is 0.480 e. The summed E-state index contributed by atoms with van der Waals surface area (Å²) in [5.41, 5.74) is 2.53. The van der Waals surface area contributed by atoms with Crippen LogP contribution in [0.1, 0.15) is 50.6 Å². The van der Waals surface area contributed by atoms with E-state index in [-0.39, 0.29) is 18.9 Å². The minimum atomic E-state index is -0.648. The first-order chi connectivity index (χ1) is 18.1. The van der Waals surface area contributed by atoms with Crippen LogP contribution in [0.25, 0.3) is 11.3 Å². The van der Waals surface area contributed by atoms with Crippen LogP contribution < -0.4 is 15.4 Å². The van der Waals surface area contributed by atoms with Crippen molar-refractivity contribution in [3.8, 4) is 17.0 Å². The van der Waals surface area contributed by atoms with Crippen molar-refractivity contribution < 1.29 is 28.2 Å². The van der Waals surface area contributed by atoms with Gasteiger partial charge < -0.3 is 24.8 Å². The van der Waals surface area contributed by atoms with E-state index in [1.807, 2.05) is 24.3 Å². The molecule has 1 aromatic heterocycles. The van der Waals surface area contributed by atoms with Crippen LogP contribution in [0.4, 0.5) is 14.9 Å². The van der Waals surface area contributed by atoms with Crippen molar-refractivity contribution >= 4 is 17.7 Å². The molecule has 2 N–H and O–H groups in total. The third-order valence-electron chi connectivity index (χ3n) is 5.75. The number of pyridine rings is 1. The highest BCUT2D eigenvalue weighted by atomic mass is 19.1. The van der Waals surface area contributed by atoms with Gasteiger partial charge in [-0.3, -0.25) is 4.79 Å². The average Bonchev–Trinajstić information content (AvgIpc) is 2.87. The van der Waals surface area contributed by atoms with Crippen LogP contribution >= 0.6 is 0 Å². The van der Waals surface area contributed by atoms with Gasteiger partial charge in [0, 0.05) is 23.2 Å². The zero-order valence-corrected chi connectivity index (χ0v) is 22.0. The number of hydrogen-bond donors (Lipinski definition) is 2. The number of alkyl carbamates (subject to hydrolysis) is 1. The summed E-state index contributed by atoms with van der Waals surface area (Å²) in [6, 6.07) is 15.9. The van der Waals surface area contributed by atoms with Gasteiger partial charge in [0.25, 0.3) is 0 Å². The molecule has 0 spiro atoms. The number of fused-ring (bicyclic) bond motifs is 1. The minimum absolute atomic E-state index is 0.0238. The Labute approximate surface area is 221 Å². The van der Waals surface area contributed by atoms with Gasteiger partial charge in [-0.1, -0.05) is 30.3 Å². The standard InChI is InChI=1S/C29H32FN3O5/c1-5-36-25(34)15-18-9-7-14-23-27(18)37-24(17-31-23)22-13-8-12-21(33-22)20-11-6-10-19(26(20)30)16-32-28(35)38-29(2,3)4/h6-14,24,31H,5,15-17H2,1-4H3,(H,32,35). The predicted octanol–water partition coefficient (Wildman–Crippen LogP) is 5.56. The lowest BCUT2D eigenvalue weighted by atomic mass is 10.0. The van der Waals surface area contributed by atoms with Crippen molar-refractivity contribution in [1.82, 2.24) is 10.3 Å². The molecule has 0 saturated carbocycles. The highest BCUT2D eigenvalue weighted by molar-refractivity contribution is 5.76. The fraction of sp³-hybridized carbons (Fsp3) is 0.345. The summed E-state index contributed by atoms with van der Waals surface area (Å²) < 4.78 is 32.1. The summed E-state index contributed by atoms with van der Waals surface area (Å²) in [6.45, 7) is 7.79. The van der Waals surface area contributed by atoms with E-state index in [1.54, 1.807) is 58.0 Å². The van der Waals surface area contributed by atoms with E-state index in [9.17, 15) is 9.59 Å². The Hall–Kier alpha value is -4.14. The summed E-state index contributed by atoms with van der Waals surface area (Å²) in [7, 11) is 0. The molecule has 0 fully saturated rings. The fourth-order valence-electron chi connectivity index (χ4n) is 4.10. The van der Waals surface area contributed by atoms with Crippen LogP contribution in [0.3, 0.4) is 0 Å². The molecule has 1 aliphatic heterocycles. The highest BCUT2D eigenvalue weighted by Crippen LogP contribution is 2.37. The summed E-state index contributed by atoms with van der Waals surface area (Å²) in [6.07, 6.45) is -0.980. The van der Waals surface area contributed by atoms with E-state index in [0.29, 0.717) is 47.0 Å². The lowest BCUT2D eigenvalue weighted by molar-refractivity contribution is -0.142. The second-order valence-electron chi connectivity index (χ2n) is 9.84. The normalized spacial score (nSPS) is 14.5. The second-order valence-corrected chi connectivity index (χ2v) is 9.84. The second kappa shape index (κ2) is 11.5. The zero-order valence-electron chi connectivity index (χ0n) is 22.0. The third-order valence-corrected chi connectivity index (χ3v) is 5.75. The fourth-order valence-corrected chi connectivity index (χ4v) is 4.10. The Morgan fingerprint density at radius 1 is 1.11 bits per heavy atom. The van der Waals surface area contributed by atoms with Crippen molar-refractivity contribution in [3.05, 3.63) is 77.2 Å². The number of nitrogens with zero attached hydrogens (tertiary/aromatic N) is 1. The number of esters is 1. The van der Waals surface area contributed by atoms with Crippen molar-refractivity contribution in [2.75, 3.05) is 18.5 Å². The summed E-state index contributed by atoms with van der Waals surface area (Å²) >= 11 is 0. The SMILES string of the molecule is CCOC(=O)Cc1cccc2c1OC(c1cccc(-c3cccc(CNC(=O)OC(C)(C)C)c3F)n1)CN2. The molecule has 3 aromatic rings. The van der Waals surface area contributed by atoms with Crippen LogP contribution in [-0.2, 0) is 27.2 Å². The van der Waals surface area contributed by atoms with Gasteiger partial charge in [-0.15, -0.1) is 0 Å². The number of carbonyl (C=O) groups is 2. The topological polar surface area (TPSA) is 98.8 Å². The molecule has 2 heterocycles. The maximum absolute atomic E-state index is 15.4. The molecule has 1 aliphatic rings. The van der Waals surface area contributed by atoms with E-state index in [4.69, 9.17) is 19.2 Å². The molecule has 0 bridgehead atoms. The Kier molecular flexibility index (Phi) is 8.14. The van der Waals surface area contributed by atoms with Gasteiger partial charge in [0.15, 0.2) is 6.10 Å². The van der Waals surface area contributed by atoms with Crippen LogP contribution in [0.5, 0.6) is 5.75 Å². The van der Waals surface area contributed by atoms with Gasteiger partial charge in [0.2, 0.25) is 0 Å². The molecule has 8 nitrogen and oxygen atoms in total. The van der Waals surface area contributed by atoms with Gasteiger partial charge in [0.05, 0.1) is 36.6 Å². The first-order valence-electron chi connectivity index (χ1n) is 12.5. The summed E-state index contributed by atoms with van der Waals surface area (Å²) in [4.78, 5) is 28.8. The molecule has 0 saturated heterocycles. The number of carbonyl (C=O) groups excluding carboxylic acids is 2. The smallest absolute Gasteiger partial charge is 0.407 e. The minimum Gasteiger partial charge on any atom is -0.480 e. The lowest BCUT2D eigenvalue weighted by Crippen LogP contribution is -2.32. The number of halogens is 1. The number of anilines is 1. The van der Waals surface area contributed by atoms with Crippen LogP contribution in [0.2, 0.25) is 0 Å². The number of nitrogens with one attached hydrogen (secondary N) is 2. The molecule has 2 aromatic carbocycles. The molecule has 1 amide bonds. The van der Waals surface area contributed by atoms with Gasteiger partial charge in [0.1, 0.15) is 17.2 Å². The number of amides is 1. The van der Waals surface area contributed by atoms with Gasteiger partial charge >= 0.3 is 12.1 Å². The molecule has 9 heteroatoms. The van der Waals surface area contributed by atoms with Crippen LogP contribution in [0.15, 0.2) is 54.6 Å². The van der Waals surface area contributed by atoms with Crippen molar-refractivity contribution in [2.45, 2.75) is 52.4 Å². The number of benzene rings is 2. The van der Waals surface area contributed by atoms with E-state index >= 15 is 4.39 Å². The predicted molar refractivity (Wildman–Crippen MR) is 141 cm³/mol. The molecule has 1 atom stereocenters. The maximum atomic E-state index is 15.4. The molecule has 1 unspecified atom stereocenters. The number of aromatic nitrogens is 1. The monoisotopic (exact) mass is 521 g/mol. The van der Waals surface area contributed by atoms with Crippen LogP contribution in [-0.4, -0.2) is 35.8 Å². The molecule has 200 valence electrons. The Morgan fingerprint density at radius 3 is 2.61 bits per heavy atom. The molecule has 0 aliphatic carbocycles. The number of ether oxygens (including phenoxy) is 3. The first-order valence-corrected chi connectivity index (χ1v) is 12.5. The molecule has 38 heavy (non-hydrogen) atoms. The van der Waals surface area contributed by atoms with E-state index < -0.39 is 23.6 Å². The number of rotatable bonds is 7. The molecule has 4 rings (SSSR count). The van der Waals surface area contributed by atoms with Crippen molar-refractivity contribution in [1.29, 1.82) is 0 Å². The highest BCUT2D eigenvalue weighted by Gasteiger charge is 2.26. The Bertz CT molecular complexity index is 1320. The average molecular weight is 522 g/mol. The number of hydrogen-bond acceptors (Lipinski definition) is 7. The van der Waals surface area contributed by atoms with Gasteiger partial charge in [-0.25, -0.2) is 14.2 Å². The lowest BCUT2D eigenvalue weighted by Gasteiger charge is -2.29. The Balaban J connectivity index is 1.53.